The molecule has 0 heterocycles. The summed E-state index contributed by atoms with van der Waals surface area (Å²) in [5.41, 5.74) is 11.9. The first-order chi connectivity index (χ1) is 8.40. The Bertz CT molecular complexity index is 428. The zero-order valence-electron chi connectivity index (χ0n) is 10.4. The Morgan fingerprint density at radius 2 is 1.72 bits per heavy atom. The maximum absolute atomic E-state index is 11.7. The largest absolute Gasteiger partial charge is 0.399 e. The molecule has 0 fully saturated rings. The second-order valence-electron chi connectivity index (χ2n) is 4.34. The number of urea groups is 1. The highest BCUT2D eigenvalue weighted by atomic mass is 16.2. The van der Waals surface area contributed by atoms with Crippen molar-refractivity contribution in [3.05, 3.63) is 24.3 Å². The molecule has 1 rings (SSSR count). The van der Waals surface area contributed by atoms with Gasteiger partial charge in [-0.2, -0.15) is 0 Å². The third-order valence-corrected chi connectivity index (χ3v) is 2.43. The second kappa shape index (κ2) is 5.90. The molecule has 0 aliphatic carbocycles. The number of primary amides is 1. The molecular formula is C12H18N4O2. The predicted octanol–water partition coefficient (Wildman–Crippen LogP) is 0.900. The van der Waals surface area contributed by atoms with E-state index in [0.29, 0.717) is 11.4 Å². The third-order valence-electron chi connectivity index (χ3n) is 2.43. The Kier molecular flexibility index (Phi) is 4.53. The Morgan fingerprint density at radius 3 is 2.17 bits per heavy atom. The molecule has 0 saturated heterocycles. The van der Waals surface area contributed by atoms with Crippen LogP contribution in [0.3, 0.4) is 0 Å². The molecule has 6 nitrogen and oxygen atoms in total. The number of hydrogen-bond acceptors (Lipinski definition) is 3. The lowest BCUT2D eigenvalue weighted by Gasteiger charge is -2.19. The van der Waals surface area contributed by atoms with Crippen molar-refractivity contribution in [2.24, 2.45) is 11.7 Å². The standard InChI is InChI=1S/C12H18N4O2/c1-7(2)10(11(14)17)16-12(18)15-9-5-3-8(13)4-6-9/h3-7,10H,13H2,1-2H3,(H2,14,17)(H2,15,16,18). The van der Waals surface area contributed by atoms with Gasteiger partial charge in [0, 0.05) is 11.4 Å². The number of anilines is 2. The Hall–Kier alpha value is -2.24. The molecule has 0 aliphatic rings. The fraction of sp³-hybridized carbons (Fsp3) is 0.333. The summed E-state index contributed by atoms with van der Waals surface area (Å²) >= 11 is 0. The van der Waals surface area contributed by atoms with Crippen LogP contribution in [0.1, 0.15) is 13.8 Å². The Labute approximate surface area is 106 Å². The van der Waals surface area contributed by atoms with Crippen molar-refractivity contribution in [1.82, 2.24) is 5.32 Å². The molecule has 6 N–H and O–H groups in total. The van der Waals surface area contributed by atoms with Crippen LogP contribution in [0.4, 0.5) is 16.2 Å². The number of nitrogen functional groups attached to an aromatic ring is 1. The molecule has 0 bridgehead atoms. The smallest absolute Gasteiger partial charge is 0.319 e. The number of nitrogens with one attached hydrogen (secondary N) is 2. The monoisotopic (exact) mass is 250 g/mol. The second-order valence-corrected chi connectivity index (χ2v) is 4.34. The number of hydrogen-bond donors (Lipinski definition) is 4. The van der Waals surface area contributed by atoms with Gasteiger partial charge in [-0.15, -0.1) is 0 Å². The first kappa shape index (κ1) is 13.8. The van der Waals surface area contributed by atoms with Crippen LogP contribution in [-0.4, -0.2) is 18.0 Å². The molecule has 98 valence electrons. The van der Waals surface area contributed by atoms with Crippen LogP contribution in [0, 0.1) is 5.92 Å². The first-order valence-electron chi connectivity index (χ1n) is 5.62. The van der Waals surface area contributed by atoms with Gasteiger partial charge >= 0.3 is 6.03 Å². The van der Waals surface area contributed by atoms with Crippen molar-refractivity contribution in [3.63, 3.8) is 0 Å². The fourth-order valence-electron chi connectivity index (χ4n) is 1.44. The van der Waals surface area contributed by atoms with E-state index in [1.54, 1.807) is 38.1 Å². The summed E-state index contributed by atoms with van der Waals surface area (Å²) in [4.78, 5) is 22.8. The highest BCUT2D eigenvalue weighted by Crippen LogP contribution is 2.10. The van der Waals surface area contributed by atoms with E-state index in [1.807, 2.05) is 0 Å². The molecule has 0 radical (unpaired) electrons. The quantitative estimate of drug-likeness (QED) is 0.596. The average Bonchev–Trinajstić information content (AvgIpc) is 2.28. The zero-order valence-corrected chi connectivity index (χ0v) is 10.4. The number of amides is 3. The molecule has 0 aliphatic heterocycles. The van der Waals surface area contributed by atoms with E-state index in [-0.39, 0.29) is 5.92 Å². The summed E-state index contributed by atoms with van der Waals surface area (Å²) in [5, 5.41) is 5.12. The first-order valence-corrected chi connectivity index (χ1v) is 5.62. The van der Waals surface area contributed by atoms with Gasteiger partial charge in [-0.1, -0.05) is 13.8 Å². The summed E-state index contributed by atoms with van der Waals surface area (Å²) in [6, 6.07) is 5.51. The van der Waals surface area contributed by atoms with Gasteiger partial charge < -0.3 is 22.1 Å². The van der Waals surface area contributed by atoms with Crippen molar-refractivity contribution >= 4 is 23.3 Å². The summed E-state index contributed by atoms with van der Waals surface area (Å²) in [6.07, 6.45) is 0. The van der Waals surface area contributed by atoms with Crippen LogP contribution in [0.15, 0.2) is 24.3 Å². The number of nitrogens with two attached hydrogens (primary N) is 2. The fourth-order valence-corrected chi connectivity index (χ4v) is 1.44. The van der Waals surface area contributed by atoms with Crippen molar-refractivity contribution < 1.29 is 9.59 Å². The summed E-state index contributed by atoms with van der Waals surface area (Å²) in [7, 11) is 0. The van der Waals surface area contributed by atoms with Gasteiger partial charge in [0.2, 0.25) is 5.91 Å². The highest BCUT2D eigenvalue weighted by molar-refractivity contribution is 5.93. The average molecular weight is 250 g/mol. The Morgan fingerprint density at radius 1 is 1.17 bits per heavy atom. The maximum Gasteiger partial charge on any atom is 0.319 e. The maximum atomic E-state index is 11.7. The topological polar surface area (TPSA) is 110 Å². The number of carbonyl (C=O) groups excluding carboxylic acids is 2. The van der Waals surface area contributed by atoms with Gasteiger partial charge in [0.15, 0.2) is 0 Å². The van der Waals surface area contributed by atoms with Gasteiger partial charge in [0.1, 0.15) is 6.04 Å². The van der Waals surface area contributed by atoms with E-state index in [1.165, 1.54) is 0 Å². The molecule has 3 amide bonds. The summed E-state index contributed by atoms with van der Waals surface area (Å²) < 4.78 is 0. The minimum Gasteiger partial charge on any atom is -0.399 e. The van der Waals surface area contributed by atoms with Crippen molar-refractivity contribution in [3.8, 4) is 0 Å². The van der Waals surface area contributed by atoms with Crippen LogP contribution in [0.25, 0.3) is 0 Å². The number of carbonyl (C=O) groups is 2. The lowest BCUT2D eigenvalue weighted by Crippen LogP contribution is -2.49. The van der Waals surface area contributed by atoms with Gasteiger partial charge in [0.05, 0.1) is 0 Å². The molecule has 1 atom stereocenters. The number of benzene rings is 1. The van der Waals surface area contributed by atoms with Crippen LogP contribution < -0.4 is 22.1 Å². The van der Waals surface area contributed by atoms with Gasteiger partial charge in [-0.05, 0) is 30.2 Å². The SMILES string of the molecule is CC(C)C(NC(=O)Nc1ccc(N)cc1)C(N)=O. The molecule has 1 aromatic rings. The van der Waals surface area contributed by atoms with E-state index in [2.05, 4.69) is 10.6 Å². The zero-order chi connectivity index (χ0) is 13.7. The normalized spacial score (nSPS) is 11.9. The van der Waals surface area contributed by atoms with Crippen molar-refractivity contribution in [2.75, 3.05) is 11.1 Å². The molecule has 18 heavy (non-hydrogen) atoms. The summed E-state index contributed by atoms with van der Waals surface area (Å²) in [5.74, 6) is -0.628. The van der Waals surface area contributed by atoms with Gasteiger partial charge in [-0.3, -0.25) is 4.79 Å². The van der Waals surface area contributed by atoms with Gasteiger partial charge in [-0.25, -0.2) is 4.79 Å². The lowest BCUT2D eigenvalue weighted by molar-refractivity contribution is -0.120. The van der Waals surface area contributed by atoms with E-state index in [4.69, 9.17) is 11.5 Å². The van der Waals surface area contributed by atoms with E-state index in [0.717, 1.165) is 0 Å². The summed E-state index contributed by atoms with van der Waals surface area (Å²) in [6.45, 7) is 3.61. The molecule has 1 unspecified atom stereocenters. The molecule has 0 aromatic heterocycles. The van der Waals surface area contributed by atoms with Crippen LogP contribution in [0.2, 0.25) is 0 Å². The molecule has 0 spiro atoms. The lowest BCUT2D eigenvalue weighted by atomic mass is 10.0. The van der Waals surface area contributed by atoms with E-state index < -0.39 is 18.0 Å². The Balaban J connectivity index is 2.60. The minimum absolute atomic E-state index is 0.0698. The van der Waals surface area contributed by atoms with Gasteiger partial charge in [0.25, 0.3) is 0 Å². The highest BCUT2D eigenvalue weighted by Gasteiger charge is 2.21. The third kappa shape index (κ3) is 3.97. The molecule has 1 aromatic carbocycles. The van der Waals surface area contributed by atoms with E-state index >= 15 is 0 Å². The molecule has 6 heteroatoms. The minimum atomic E-state index is -0.696. The van der Waals surface area contributed by atoms with Crippen molar-refractivity contribution in [1.29, 1.82) is 0 Å². The van der Waals surface area contributed by atoms with Crippen LogP contribution >= 0.6 is 0 Å². The van der Waals surface area contributed by atoms with E-state index in [9.17, 15) is 9.59 Å². The van der Waals surface area contributed by atoms with Crippen LogP contribution in [-0.2, 0) is 4.79 Å². The molecule has 0 saturated carbocycles. The number of rotatable bonds is 4. The predicted molar refractivity (Wildman–Crippen MR) is 70.8 cm³/mol. The van der Waals surface area contributed by atoms with Crippen molar-refractivity contribution in [2.45, 2.75) is 19.9 Å². The van der Waals surface area contributed by atoms with Crippen LogP contribution in [0.5, 0.6) is 0 Å². The molecular weight excluding hydrogens is 232 g/mol.